The van der Waals surface area contributed by atoms with Crippen LogP contribution in [0.1, 0.15) is 54.5 Å². The van der Waals surface area contributed by atoms with Gasteiger partial charge >= 0.3 is 5.97 Å². The van der Waals surface area contributed by atoms with E-state index < -0.39 is 5.97 Å². The molecule has 0 aliphatic rings. The molecule has 4 nitrogen and oxygen atoms in total. The third kappa shape index (κ3) is 2.50. The number of carboxylic acid groups (broad SMARTS) is 1. The van der Waals surface area contributed by atoms with Crippen molar-refractivity contribution in [2.24, 2.45) is 0 Å². The fraction of sp³-hybridized carbons (Fsp3) is 0.545. The van der Waals surface area contributed by atoms with Crippen molar-refractivity contribution in [2.75, 3.05) is 0 Å². The van der Waals surface area contributed by atoms with Gasteiger partial charge in [-0.25, -0.2) is 14.8 Å². The first-order valence-electron chi connectivity index (χ1n) is 5.28. The molecule has 1 N–H and O–H groups in total. The number of aryl methyl sites for hydroxylation is 1. The van der Waals surface area contributed by atoms with E-state index in [1.54, 1.807) is 6.92 Å². The number of aromatic nitrogens is 2. The van der Waals surface area contributed by atoms with Crippen molar-refractivity contribution >= 4 is 17.6 Å². The molecule has 0 atom stereocenters. The third-order valence-electron chi connectivity index (χ3n) is 2.59. The van der Waals surface area contributed by atoms with Crippen LogP contribution in [0, 0.1) is 6.92 Å². The number of nitrogens with zero attached hydrogens (tertiary/aromatic N) is 2. The number of rotatable bonds is 4. The summed E-state index contributed by atoms with van der Waals surface area (Å²) in [5.74, 6) is -0.436. The lowest BCUT2D eigenvalue weighted by molar-refractivity contribution is 0.0694. The molecule has 0 radical (unpaired) electrons. The Hall–Kier alpha value is -1.16. The van der Waals surface area contributed by atoms with Crippen LogP contribution >= 0.6 is 11.6 Å². The van der Waals surface area contributed by atoms with Gasteiger partial charge in [-0.3, -0.25) is 0 Å². The topological polar surface area (TPSA) is 63.1 Å². The first-order chi connectivity index (χ1) is 7.51. The van der Waals surface area contributed by atoms with E-state index in [1.165, 1.54) is 0 Å². The second-order valence-corrected chi connectivity index (χ2v) is 4.00. The average molecular weight is 243 g/mol. The molecule has 0 aromatic carbocycles. The normalized spacial score (nSPS) is 10.8. The fourth-order valence-corrected chi connectivity index (χ4v) is 2.03. The van der Waals surface area contributed by atoms with Crippen molar-refractivity contribution in [3.05, 3.63) is 22.2 Å². The predicted molar refractivity (Wildman–Crippen MR) is 62.1 cm³/mol. The van der Waals surface area contributed by atoms with Gasteiger partial charge in [-0.2, -0.15) is 0 Å². The number of aromatic carboxylic acids is 1. The van der Waals surface area contributed by atoms with Gasteiger partial charge in [-0.1, -0.05) is 25.4 Å². The van der Waals surface area contributed by atoms with Crippen LogP contribution in [0.5, 0.6) is 0 Å². The quantitative estimate of drug-likeness (QED) is 0.825. The molecule has 1 rings (SSSR count). The van der Waals surface area contributed by atoms with Gasteiger partial charge in [0.1, 0.15) is 16.5 Å². The molecule has 0 amide bonds. The van der Waals surface area contributed by atoms with E-state index in [-0.39, 0.29) is 16.6 Å². The van der Waals surface area contributed by atoms with Gasteiger partial charge in [0.15, 0.2) is 0 Å². The van der Waals surface area contributed by atoms with Gasteiger partial charge in [-0.05, 0) is 19.8 Å². The van der Waals surface area contributed by atoms with E-state index >= 15 is 0 Å². The Kier molecular flexibility index (Phi) is 4.24. The number of carbonyl (C=O) groups is 1. The zero-order valence-electron chi connectivity index (χ0n) is 9.62. The highest BCUT2D eigenvalue weighted by atomic mass is 35.5. The Labute approximate surface area is 99.7 Å². The summed E-state index contributed by atoms with van der Waals surface area (Å²) < 4.78 is 0. The lowest BCUT2D eigenvalue weighted by Crippen LogP contribution is -2.12. The molecular formula is C11H15ClN2O2. The van der Waals surface area contributed by atoms with Gasteiger partial charge in [0.2, 0.25) is 0 Å². The van der Waals surface area contributed by atoms with Crippen molar-refractivity contribution in [3.8, 4) is 0 Å². The third-order valence-corrected chi connectivity index (χ3v) is 2.86. The van der Waals surface area contributed by atoms with Gasteiger partial charge in [0.25, 0.3) is 0 Å². The Bertz CT molecular complexity index is 403. The van der Waals surface area contributed by atoms with Crippen LogP contribution in [-0.2, 0) is 0 Å². The van der Waals surface area contributed by atoms with Gasteiger partial charge in [0.05, 0.1) is 5.69 Å². The van der Waals surface area contributed by atoms with Gasteiger partial charge in [-0.15, -0.1) is 0 Å². The zero-order valence-corrected chi connectivity index (χ0v) is 10.4. The fourth-order valence-electron chi connectivity index (χ4n) is 1.73. The molecule has 0 saturated carbocycles. The maximum absolute atomic E-state index is 11.1. The Morgan fingerprint density at radius 1 is 1.38 bits per heavy atom. The van der Waals surface area contributed by atoms with Crippen molar-refractivity contribution in [3.63, 3.8) is 0 Å². The molecule has 16 heavy (non-hydrogen) atoms. The van der Waals surface area contributed by atoms with E-state index in [1.807, 2.05) is 13.8 Å². The standard InChI is InChI=1S/C11H15ClN2O2/c1-4-7(5-2)9-8(11(15)16)10(12)14-6(3)13-9/h7H,4-5H2,1-3H3,(H,15,16). The van der Waals surface area contributed by atoms with Crippen molar-refractivity contribution < 1.29 is 9.90 Å². The van der Waals surface area contributed by atoms with Crippen molar-refractivity contribution in [1.29, 1.82) is 0 Å². The van der Waals surface area contributed by atoms with Crippen LogP contribution in [0.3, 0.4) is 0 Å². The average Bonchev–Trinajstić information content (AvgIpc) is 2.17. The second kappa shape index (κ2) is 5.25. The summed E-state index contributed by atoms with van der Waals surface area (Å²) in [4.78, 5) is 19.2. The van der Waals surface area contributed by atoms with Crippen LogP contribution in [0.15, 0.2) is 0 Å². The summed E-state index contributed by atoms with van der Waals surface area (Å²) in [6.07, 6.45) is 1.67. The highest BCUT2D eigenvalue weighted by Gasteiger charge is 2.22. The Morgan fingerprint density at radius 2 is 1.94 bits per heavy atom. The summed E-state index contributed by atoms with van der Waals surface area (Å²) in [5.41, 5.74) is 0.593. The largest absolute Gasteiger partial charge is 0.478 e. The summed E-state index contributed by atoms with van der Waals surface area (Å²) in [5, 5.41) is 9.14. The molecule has 1 aromatic rings. The minimum atomic E-state index is -1.06. The van der Waals surface area contributed by atoms with Gasteiger partial charge in [0, 0.05) is 5.92 Å². The predicted octanol–water partition coefficient (Wildman–Crippen LogP) is 3.04. The van der Waals surface area contributed by atoms with Crippen LogP contribution < -0.4 is 0 Å². The highest BCUT2D eigenvalue weighted by Crippen LogP contribution is 2.28. The number of carboxylic acids is 1. The number of hydrogen-bond acceptors (Lipinski definition) is 3. The molecule has 0 fully saturated rings. The molecule has 0 bridgehead atoms. The first-order valence-corrected chi connectivity index (χ1v) is 5.66. The van der Waals surface area contributed by atoms with Crippen LogP contribution in [0.25, 0.3) is 0 Å². The number of hydrogen-bond donors (Lipinski definition) is 1. The van der Waals surface area contributed by atoms with Crippen LogP contribution in [0.4, 0.5) is 0 Å². The van der Waals surface area contributed by atoms with Crippen molar-refractivity contribution in [1.82, 2.24) is 9.97 Å². The van der Waals surface area contributed by atoms with E-state index in [4.69, 9.17) is 16.7 Å². The highest BCUT2D eigenvalue weighted by molar-refractivity contribution is 6.32. The first kappa shape index (κ1) is 12.9. The molecule has 1 aromatic heterocycles. The smallest absolute Gasteiger partial charge is 0.340 e. The van der Waals surface area contributed by atoms with Gasteiger partial charge < -0.3 is 5.11 Å². The molecule has 0 aliphatic carbocycles. The van der Waals surface area contributed by atoms with Crippen LogP contribution in [-0.4, -0.2) is 21.0 Å². The lowest BCUT2D eigenvalue weighted by Gasteiger charge is -2.15. The number of halogens is 1. The van der Waals surface area contributed by atoms with E-state index in [0.717, 1.165) is 12.8 Å². The van der Waals surface area contributed by atoms with E-state index in [2.05, 4.69) is 9.97 Å². The Balaban J connectivity index is 3.39. The molecule has 0 aliphatic heterocycles. The molecule has 0 saturated heterocycles. The summed E-state index contributed by atoms with van der Waals surface area (Å²) in [6, 6.07) is 0. The van der Waals surface area contributed by atoms with Crippen LogP contribution in [0.2, 0.25) is 5.15 Å². The monoisotopic (exact) mass is 242 g/mol. The molecule has 1 heterocycles. The molecular weight excluding hydrogens is 228 g/mol. The van der Waals surface area contributed by atoms with Crippen molar-refractivity contribution in [2.45, 2.75) is 39.5 Å². The molecule has 5 heteroatoms. The molecule has 0 unspecified atom stereocenters. The maximum atomic E-state index is 11.1. The molecule has 0 spiro atoms. The minimum absolute atomic E-state index is 0.0295. The minimum Gasteiger partial charge on any atom is -0.478 e. The SMILES string of the molecule is CCC(CC)c1nc(C)nc(Cl)c1C(=O)O. The lowest BCUT2D eigenvalue weighted by atomic mass is 9.95. The Morgan fingerprint density at radius 3 is 2.38 bits per heavy atom. The summed E-state index contributed by atoms with van der Waals surface area (Å²) in [7, 11) is 0. The second-order valence-electron chi connectivity index (χ2n) is 3.64. The van der Waals surface area contributed by atoms with E-state index in [0.29, 0.717) is 11.5 Å². The summed E-state index contributed by atoms with van der Waals surface area (Å²) >= 11 is 5.86. The maximum Gasteiger partial charge on any atom is 0.340 e. The summed E-state index contributed by atoms with van der Waals surface area (Å²) in [6.45, 7) is 5.72. The van der Waals surface area contributed by atoms with E-state index in [9.17, 15) is 4.79 Å². The zero-order chi connectivity index (χ0) is 12.3. The molecule has 88 valence electrons.